The molecule has 0 spiro atoms. The predicted molar refractivity (Wildman–Crippen MR) is 116 cm³/mol. The van der Waals surface area contributed by atoms with Crippen LogP contribution in [0.5, 0.6) is 0 Å². The molecule has 4 fully saturated rings. The van der Waals surface area contributed by atoms with Crippen molar-refractivity contribution in [1.82, 2.24) is 0 Å². The minimum Gasteiger partial charge on any atom is -0.294 e. The Bertz CT molecular complexity index is 802. The Balaban J connectivity index is 1.45. The highest BCUT2D eigenvalue weighted by molar-refractivity contribution is 6.05. The van der Waals surface area contributed by atoms with Crippen LogP contribution in [0.3, 0.4) is 0 Å². The number of allylic oxidation sites excluding steroid dienone is 1. The molecule has 0 bridgehead atoms. The molecule has 0 aromatic heterocycles. The van der Waals surface area contributed by atoms with Gasteiger partial charge in [-0.15, -0.1) is 0 Å². The molecule has 0 amide bonds. The van der Waals surface area contributed by atoms with Crippen molar-refractivity contribution in [3.63, 3.8) is 0 Å². The van der Waals surface area contributed by atoms with Gasteiger partial charge in [0.05, 0.1) is 0 Å². The van der Waals surface area contributed by atoms with Crippen LogP contribution in [0.15, 0.2) is 29.8 Å². The third kappa shape index (κ3) is 2.68. The van der Waals surface area contributed by atoms with Gasteiger partial charge in [-0.2, -0.15) is 0 Å². The summed E-state index contributed by atoms with van der Waals surface area (Å²) >= 11 is 0. The highest BCUT2D eigenvalue weighted by Gasteiger charge is 2.60. The first-order chi connectivity index (χ1) is 13.4. The van der Waals surface area contributed by atoms with Gasteiger partial charge in [0.1, 0.15) is 0 Å². The molecule has 150 valence electrons. The number of aryl methyl sites for hydroxylation is 1. The standard InChI is InChI=1S/C27H36O/c1-18-7-9-19(10-8-18)16-20-17-24-22-12-11-21-6-4-5-14-26(21,2)23(22)13-15-27(24,3)25(20)28/h7-10,16,21-24H,4-6,11-15,17H2,1-3H3/b20-16+. The van der Waals surface area contributed by atoms with Crippen molar-refractivity contribution in [1.29, 1.82) is 0 Å². The van der Waals surface area contributed by atoms with Gasteiger partial charge in [-0.3, -0.25) is 4.79 Å². The molecule has 6 atom stereocenters. The molecule has 1 aromatic carbocycles. The summed E-state index contributed by atoms with van der Waals surface area (Å²) in [6.45, 7) is 7.05. The second-order valence-electron chi connectivity index (χ2n) is 11.0. The monoisotopic (exact) mass is 376 g/mol. The van der Waals surface area contributed by atoms with Gasteiger partial charge in [-0.25, -0.2) is 0 Å². The molecular formula is C27H36O. The second kappa shape index (κ2) is 6.57. The Hall–Kier alpha value is -1.37. The number of carbonyl (C=O) groups excluding carboxylic acids is 1. The maximum atomic E-state index is 13.5. The van der Waals surface area contributed by atoms with E-state index >= 15 is 0 Å². The molecule has 28 heavy (non-hydrogen) atoms. The normalized spacial score (nSPS) is 44.1. The molecule has 0 saturated heterocycles. The summed E-state index contributed by atoms with van der Waals surface area (Å²) < 4.78 is 0. The van der Waals surface area contributed by atoms with Crippen LogP contribution in [0, 0.1) is 41.4 Å². The van der Waals surface area contributed by atoms with Crippen LogP contribution in [0.25, 0.3) is 6.08 Å². The Morgan fingerprint density at radius 2 is 1.71 bits per heavy atom. The lowest BCUT2D eigenvalue weighted by Gasteiger charge is -2.59. The number of fused-ring (bicyclic) bond motifs is 5. The topological polar surface area (TPSA) is 17.1 Å². The van der Waals surface area contributed by atoms with E-state index in [0.717, 1.165) is 36.2 Å². The molecule has 0 heterocycles. The van der Waals surface area contributed by atoms with Crippen molar-refractivity contribution in [2.75, 3.05) is 0 Å². The molecule has 0 radical (unpaired) electrons. The van der Waals surface area contributed by atoms with Gasteiger partial charge in [0.15, 0.2) is 5.78 Å². The fraction of sp³-hybridized carbons (Fsp3) is 0.667. The van der Waals surface area contributed by atoms with E-state index in [0.29, 0.717) is 17.1 Å². The van der Waals surface area contributed by atoms with Crippen LogP contribution < -0.4 is 0 Å². The van der Waals surface area contributed by atoms with Gasteiger partial charge in [0.2, 0.25) is 0 Å². The summed E-state index contributed by atoms with van der Waals surface area (Å²) in [5, 5.41) is 0. The fourth-order valence-corrected chi connectivity index (χ4v) is 7.96. The molecule has 0 aliphatic heterocycles. The zero-order chi connectivity index (χ0) is 19.5. The maximum Gasteiger partial charge on any atom is 0.165 e. The highest BCUT2D eigenvalue weighted by Crippen LogP contribution is 2.66. The van der Waals surface area contributed by atoms with E-state index in [1.807, 2.05) is 0 Å². The summed E-state index contributed by atoms with van der Waals surface area (Å²) in [6, 6.07) is 8.64. The average Bonchev–Trinajstić information content (AvgIpc) is 2.94. The van der Waals surface area contributed by atoms with Gasteiger partial charge in [-0.1, -0.05) is 56.5 Å². The summed E-state index contributed by atoms with van der Waals surface area (Å²) in [5.74, 6) is 3.62. The van der Waals surface area contributed by atoms with Crippen molar-refractivity contribution >= 4 is 11.9 Å². The minimum atomic E-state index is -0.102. The fourth-order valence-electron chi connectivity index (χ4n) is 7.96. The van der Waals surface area contributed by atoms with Gasteiger partial charge in [0.25, 0.3) is 0 Å². The van der Waals surface area contributed by atoms with E-state index in [2.05, 4.69) is 51.1 Å². The summed E-state index contributed by atoms with van der Waals surface area (Å²) in [5.41, 5.74) is 4.02. The highest BCUT2D eigenvalue weighted by atomic mass is 16.1. The predicted octanol–water partition coefficient (Wildman–Crippen LogP) is 6.99. The lowest BCUT2D eigenvalue weighted by Crippen LogP contribution is -2.52. The first-order valence-electron chi connectivity index (χ1n) is 11.7. The van der Waals surface area contributed by atoms with E-state index in [-0.39, 0.29) is 5.41 Å². The lowest BCUT2D eigenvalue weighted by molar-refractivity contribution is -0.137. The minimum absolute atomic E-state index is 0.102. The number of ketones is 1. The average molecular weight is 377 g/mol. The summed E-state index contributed by atoms with van der Waals surface area (Å²) in [7, 11) is 0. The second-order valence-corrected chi connectivity index (χ2v) is 11.0. The van der Waals surface area contributed by atoms with Crippen LogP contribution in [-0.4, -0.2) is 5.78 Å². The van der Waals surface area contributed by atoms with Gasteiger partial charge >= 0.3 is 0 Å². The van der Waals surface area contributed by atoms with Crippen LogP contribution >= 0.6 is 0 Å². The summed E-state index contributed by atoms with van der Waals surface area (Å²) in [4.78, 5) is 13.5. The molecule has 1 aromatic rings. The number of carbonyl (C=O) groups is 1. The van der Waals surface area contributed by atoms with Crippen molar-refractivity contribution in [3.05, 3.63) is 41.0 Å². The van der Waals surface area contributed by atoms with Gasteiger partial charge in [-0.05, 0) is 98.2 Å². The molecule has 6 unspecified atom stereocenters. The van der Waals surface area contributed by atoms with Gasteiger partial charge < -0.3 is 0 Å². The quantitative estimate of drug-likeness (QED) is 0.483. The number of hydrogen-bond donors (Lipinski definition) is 0. The van der Waals surface area contributed by atoms with E-state index in [4.69, 9.17) is 0 Å². The van der Waals surface area contributed by atoms with Crippen LogP contribution in [0.1, 0.15) is 82.8 Å². The van der Waals surface area contributed by atoms with Crippen LogP contribution in [0.2, 0.25) is 0 Å². The molecule has 1 nitrogen and oxygen atoms in total. The molecule has 4 aliphatic carbocycles. The van der Waals surface area contributed by atoms with Crippen LogP contribution in [0.4, 0.5) is 0 Å². The number of hydrogen-bond acceptors (Lipinski definition) is 1. The zero-order valence-corrected chi connectivity index (χ0v) is 18.0. The Morgan fingerprint density at radius 3 is 2.50 bits per heavy atom. The van der Waals surface area contributed by atoms with Crippen molar-refractivity contribution < 1.29 is 4.79 Å². The SMILES string of the molecule is Cc1ccc(/C=C2\CC3C4CCC5CCCCC5(C)C4CCC3(C)C2=O)cc1. The third-order valence-electron chi connectivity index (χ3n) is 9.64. The van der Waals surface area contributed by atoms with Gasteiger partial charge in [0, 0.05) is 5.41 Å². The van der Waals surface area contributed by atoms with E-state index < -0.39 is 0 Å². The molecule has 1 heteroatoms. The molecular weight excluding hydrogens is 340 g/mol. The first kappa shape index (κ1) is 18.6. The van der Waals surface area contributed by atoms with Crippen molar-refractivity contribution in [2.24, 2.45) is 34.5 Å². The number of rotatable bonds is 1. The van der Waals surface area contributed by atoms with E-state index in [9.17, 15) is 4.79 Å². The first-order valence-corrected chi connectivity index (χ1v) is 11.7. The zero-order valence-electron chi connectivity index (χ0n) is 18.0. The van der Waals surface area contributed by atoms with Crippen molar-refractivity contribution in [3.8, 4) is 0 Å². The van der Waals surface area contributed by atoms with Crippen molar-refractivity contribution in [2.45, 2.75) is 78.6 Å². The van der Waals surface area contributed by atoms with E-state index in [1.54, 1.807) is 0 Å². The Labute approximate surface area is 171 Å². The summed E-state index contributed by atoms with van der Waals surface area (Å²) in [6.07, 6.45) is 14.2. The third-order valence-corrected chi connectivity index (χ3v) is 9.64. The lowest BCUT2D eigenvalue weighted by atomic mass is 9.45. The Kier molecular flexibility index (Phi) is 4.38. The molecule has 0 N–H and O–H groups in total. The molecule has 4 aliphatic rings. The number of benzene rings is 1. The number of Topliss-reactive ketones (excluding diaryl/α,β-unsaturated/α-hetero) is 1. The Morgan fingerprint density at radius 1 is 0.929 bits per heavy atom. The van der Waals surface area contributed by atoms with Crippen LogP contribution in [-0.2, 0) is 4.79 Å². The van der Waals surface area contributed by atoms with E-state index in [1.165, 1.54) is 56.1 Å². The molecule has 5 rings (SSSR count). The maximum absolute atomic E-state index is 13.5. The smallest absolute Gasteiger partial charge is 0.165 e. The molecule has 4 saturated carbocycles. The largest absolute Gasteiger partial charge is 0.294 e.